The summed E-state index contributed by atoms with van der Waals surface area (Å²) in [7, 11) is -1.10. The number of aliphatic hydroxyl groups is 3. The molecule has 150 valence electrons. The minimum Gasteiger partial charge on any atom is -0.394 e. The molecule has 3 rings (SSSR count). The highest BCUT2D eigenvalue weighted by Crippen LogP contribution is 2.35. The predicted octanol–water partition coefficient (Wildman–Crippen LogP) is 1.23. The van der Waals surface area contributed by atoms with Crippen molar-refractivity contribution in [3.8, 4) is 0 Å². The van der Waals surface area contributed by atoms with Crippen LogP contribution in [0.2, 0.25) is 31.0 Å². The Hall–Kier alpha value is -1.30. The molecular formula is C16H26ClN5O4Si. The molecule has 4 atom stereocenters. The van der Waals surface area contributed by atoms with Crippen LogP contribution in [0.25, 0.3) is 11.2 Å². The summed E-state index contributed by atoms with van der Waals surface area (Å²) >= 11 is 6.27. The number of ether oxygens (including phenoxy) is 1. The Kier molecular flexibility index (Phi) is 6.04. The van der Waals surface area contributed by atoms with Crippen LogP contribution in [0.3, 0.4) is 0 Å². The third-order valence-corrected chi connectivity index (χ3v) is 6.72. The highest BCUT2D eigenvalue weighted by Gasteiger charge is 2.44. The first kappa shape index (κ1) is 20.4. The minimum absolute atomic E-state index is 0.0606. The molecule has 3 heterocycles. The smallest absolute Gasteiger partial charge is 0.207 e. The lowest BCUT2D eigenvalue weighted by molar-refractivity contribution is -0.0509. The number of anilines is 1. The van der Waals surface area contributed by atoms with E-state index in [9.17, 15) is 15.3 Å². The van der Waals surface area contributed by atoms with Crippen LogP contribution in [0, 0.1) is 0 Å². The molecule has 0 spiro atoms. The van der Waals surface area contributed by atoms with Gasteiger partial charge in [-0.05, 0) is 18.0 Å². The van der Waals surface area contributed by atoms with Gasteiger partial charge >= 0.3 is 0 Å². The Morgan fingerprint density at radius 3 is 2.63 bits per heavy atom. The summed E-state index contributed by atoms with van der Waals surface area (Å²) in [6.07, 6.45) is -1.97. The van der Waals surface area contributed by atoms with Crippen molar-refractivity contribution in [2.75, 3.05) is 18.5 Å². The quantitative estimate of drug-likeness (QED) is 0.302. The van der Waals surface area contributed by atoms with Gasteiger partial charge in [-0.2, -0.15) is 0 Å². The molecule has 0 bridgehead atoms. The zero-order valence-corrected chi connectivity index (χ0v) is 17.4. The standard InChI is InChI=1S/C16H26ClN5O4Si/c1-27(2,3)6-4-5-18-13-10-14(20-8-19-13)22(16(17)21-10)15-12(25)11(24)9(7-23)26-15/h8-9,11-12,15,23-25H,4-7H2,1-3H3,(H,18,19,20). The first-order valence-electron chi connectivity index (χ1n) is 8.97. The first-order valence-corrected chi connectivity index (χ1v) is 13.1. The number of rotatable bonds is 7. The second-order valence-corrected chi connectivity index (χ2v) is 13.9. The summed E-state index contributed by atoms with van der Waals surface area (Å²) in [5.74, 6) is 0.558. The van der Waals surface area contributed by atoms with Crippen LogP contribution in [-0.4, -0.2) is 74.4 Å². The highest BCUT2D eigenvalue weighted by atomic mass is 35.5. The van der Waals surface area contributed by atoms with Crippen LogP contribution in [0.5, 0.6) is 0 Å². The number of aliphatic hydroxyl groups excluding tert-OH is 3. The fourth-order valence-electron chi connectivity index (χ4n) is 3.16. The van der Waals surface area contributed by atoms with Gasteiger partial charge in [0.2, 0.25) is 5.28 Å². The minimum atomic E-state index is -1.26. The number of nitrogens with one attached hydrogen (secondary N) is 1. The number of aromatic nitrogens is 4. The van der Waals surface area contributed by atoms with Crippen molar-refractivity contribution in [1.29, 1.82) is 0 Å². The summed E-state index contributed by atoms with van der Waals surface area (Å²) in [6.45, 7) is 7.33. The summed E-state index contributed by atoms with van der Waals surface area (Å²) in [5.41, 5.74) is 0.853. The van der Waals surface area contributed by atoms with Crippen molar-refractivity contribution in [1.82, 2.24) is 19.5 Å². The van der Waals surface area contributed by atoms with E-state index in [-0.39, 0.29) is 5.28 Å². The van der Waals surface area contributed by atoms with E-state index in [2.05, 4.69) is 39.9 Å². The maximum atomic E-state index is 10.3. The van der Waals surface area contributed by atoms with Crippen LogP contribution in [0.4, 0.5) is 5.82 Å². The average Bonchev–Trinajstić information content (AvgIpc) is 3.08. The van der Waals surface area contributed by atoms with Gasteiger partial charge < -0.3 is 25.4 Å². The lowest BCUT2D eigenvalue weighted by atomic mass is 10.1. The molecule has 0 saturated carbocycles. The van der Waals surface area contributed by atoms with Crippen molar-refractivity contribution in [3.05, 3.63) is 11.6 Å². The molecule has 0 amide bonds. The normalized spacial score (nSPS) is 26.0. The predicted molar refractivity (Wildman–Crippen MR) is 105 cm³/mol. The van der Waals surface area contributed by atoms with Crippen LogP contribution < -0.4 is 5.32 Å². The van der Waals surface area contributed by atoms with Gasteiger partial charge in [0.15, 0.2) is 23.2 Å². The van der Waals surface area contributed by atoms with Gasteiger partial charge in [0, 0.05) is 14.6 Å². The summed E-state index contributed by atoms with van der Waals surface area (Å²) in [5, 5.41) is 32.9. The van der Waals surface area contributed by atoms with E-state index in [0.717, 1.165) is 13.0 Å². The second-order valence-electron chi connectivity index (χ2n) is 7.97. The SMILES string of the molecule is C[Si](C)(C)CCCNc1ncnc2c1nc(Cl)n2C1OC(CO)C(O)C1O. The van der Waals surface area contributed by atoms with Crippen molar-refractivity contribution >= 4 is 36.7 Å². The molecule has 27 heavy (non-hydrogen) atoms. The molecule has 4 N–H and O–H groups in total. The van der Waals surface area contributed by atoms with E-state index >= 15 is 0 Å². The van der Waals surface area contributed by atoms with E-state index in [1.165, 1.54) is 16.9 Å². The highest BCUT2D eigenvalue weighted by molar-refractivity contribution is 6.76. The van der Waals surface area contributed by atoms with Gasteiger partial charge in [0.05, 0.1) is 6.61 Å². The molecule has 1 fully saturated rings. The fourth-order valence-corrected chi connectivity index (χ4v) is 4.65. The van der Waals surface area contributed by atoms with Gasteiger partial charge in [-0.25, -0.2) is 15.0 Å². The van der Waals surface area contributed by atoms with Crippen LogP contribution >= 0.6 is 11.6 Å². The molecule has 2 aromatic heterocycles. The fraction of sp³-hybridized carbons (Fsp3) is 0.688. The maximum absolute atomic E-state index is 10.3. The third-order valence-electron chi connectivity index (χ3n) is 4.60. The maximum Gasteiger partial charge on any atom is 0.207 e. The molecule has 0 radical (unpaired) electrons. The van der Waals surface area contributed by atoms with Crippen molar-refractivity contribution in [3.63, 3.8) is 0 Å². The van der Waals surface area contributed by atoms with E-state index in [1.54, 1.807) is 0 Å². The van der Waals surface area contributed by atoms with E-state index < -0.39 is 39.2 Å². The summed E-state index contributed by atoms with van der Waals surface area (Å²) in [6, 6.07) is 1.20. The zero-order valence-electron chi connectivity index (χ0n) is 15.6. The second kappa shape index (κ2) is 7.98. The summed E-state index contributed by atoms with van der Waals surface area (Å²) in [4.78, 5) is 12.8. The number of imidazole rings is 1. The molecule has 1 aliphatic rings. The lowest BCUT2D eigenvalue weighted by Gasteiger charge is -2.17. The van der Waals surface area contributed by atoms with E-state index in [1.807, 2.05) is 0 Å². The Bertz CT molecular complexity index is 799. The molecule has 1 aliphatic heterocycles. The Labute approximate surface area is 163 Å². The topological polar surface area (TPSA) is 126 Å². The Morgan fingerprint density at radius 1 is 1.26 bits per heavy atom. The number of halogens is 1. The van der Waals surface area contributed by atoms with Crippen LogP contribution in [-0.2, 0) is 4.74 Å². The van der Waals surface area contributed by atoms with Gasteiger partial charge in [-0.3, -0.25) is 4.57 Å². The van der Waals surface area contributed by atoms with Gasteiger partial charge in [-0.15, -0.1) is 0 Å². The monoisotopic (exact) mass is 415 g/mol. The van der Waals surface area contributed by atoms with E-state index in [4.69, 9.17) is 16.3 Å². The van der Waals surface area contributed by atoms with Crippen molar-refractivity contribution in [2.45, 2.75) is 56.6 Å². The van der Waals surface area contributed by atoms with Gasteiger partial charge in [0.1, 0.15) is 24.6 Å². The molecule has 11 heteroatoms. The number of nitrogens with zero attached hydrogens (tertiary/aromatic N) is 4. The molecule has 0 aromatic carbocycles. The summed E-state index contributed by atoms with van der Waals surface area (Å²) < 4.78 is 6.97. The molecule has 1 saturated heterocycles. The van der Waals surface area contributed by atoms with E-state index in [0.29, 0.717) is 17.0 Å². The molecule has 0 aliphatic carbocycles. The average molecular weight is 416 g/mol. The molecular weight excluding hydrogens is 390 g/mol. The first-order chi connectivity index (χ1) is 12.7. The number of fused-ring (bicyclic) bond motifs is 1. The van der Waals surface area contributed by atoms with Gasteiger partial charge in [-0.1, -0.05) is 25.7 Å². The largest absolute Gasteiger partial charge is 0.394 e. The molecule has 2 aromatic rings. The molecule has 9 nitrogen and oxygen atoms in total. The third kappa shape index (κ3) is 4.25. The van der Waals surface area contributed by atoms with Crippen molar-refractivity contribution in [2.24, 2.45) is 0 Å². The lowest BCUT2D eigenvalue weighted by Crippen LogP contribution is -2.33. The van der Waals surface area contributed by atoms with Crippen LogP contribution in [0.1, 0.15) is 12.6 Å². The van der Waals surface area contributed by atoms with Crippen LogP contribution in [0.15, 0.2) is 6.33 Å². The van der Waals surface area contributed by atoms with Gasteiger partial charge in [0.25, 0.3) is 0 Å². The zero-order chi connectivity index (χ0) is 19.8. The Balaban J connectivity index is 1.84. The number of hydrogen-bond acceptors (Lipinski definition) is 8. The number of hydrogen-bond donors (Lipinski definition) is 4. The Morgan fingerprint density at radius 2 is 2.00 bits per heavy atom. The molecule has 4 unspecified atom stereocenters. The van der Waals surface area contributed by atoms with Crippen molar-refractivity contribution < 1.29 is 20.1 Å².